The fraction of sp³-hybridized carbons (Fsp3) is 0.286. The molecule has 0 radical (unpaired) electrons. The molecule has 0 atom stereocenters. The fourth-order valence-corrected chi connectivity index (χ4v) is 3.32. The molecular formula is C21H20F3N3O4. The fourth-order valence-electron chi connectivity index (χ4n) is 3.32. The van der Waals surface area contributed by atoms with Gasteiger partial charge in [-0.25, -0.2) is 0 Å². The number of ether oxygens (including phenoxy) is 1. The second-order valence-corrected chi connectivity index (χ2v) is 7.04. The summed E-state index contributed by atoms with van der Waals surface area (Å²) in [5, 5.41) is 2.62. The Kier molecular flexibility index (Phi) is 6.47. The van der Waals surface area contributed by atoms with Gasteiger partial charge < -0.3 is 20.7 Å². The van der Waals surface area contributed by atoms with Gasteiger partial charge in [0.2, 0.25) is 5.91 Å². The number of hydrogen-bond acceptors (Lipinski definition) is 4. The van der Waals surface area contributed by atoms with Crippen LogP contribution in [0, 0.1) is 5.92 Å². The molecule has 2 aromatic rings. The number of nitrogens with zero attached hydrogens (tertiary/aromatic N) is 1. The number of piperidine rings is 1. The van der Waals surface area contributed by atoms with E-state index < -0.39 is 18.0 Å². The molecule has 31 heavy (non-hydrogen) atoms. The van der Waals surface area contributed by atoms with Crippen LogP contribution in [-0.4, -0.2) is 42.1 Å². The summed E-state index contributed by atoms with van der Waals surface area (Å²) in [7, 11) is 0. The SMILES string of the molecule is NC(=O)C1CCN(C(=O)c2ccccc2NC(=O)c2ccc(OC(F)(F)F)cc2)CC1. The number of rotatable bonds is 5. The summed E-state index contributed by atoms with van der Waals surface area (Å²) in [5.74, 6) is -1.98. The van der Waals surface area contributed by atoms with E-state index in [9.17, 15) is 27.6 Å². The van der Waals surface area contributed by atoms with E-state index in [1.807, 2.05) is 0 Å². The van der Waals surface area contributed by atoms with E-state index in [0.717, 1.165) is 12.1 Å². The highest BCUT2D eigenvalue weighted by molar-refractivity contribution is 6.09. The van der Waals surface area contributed by atoms with Crippen LogP contribution >= 0.6 is 0 Å². The average molecular weight is 435 g/mol. The van der Waals surface area contributed by atoms with Gasteiger partial charge in [0.25, 0.3) is 11.8 Å². The first-order valence-corrected chi connectivity index (χ1v) is 9.49. The van der Waals surface area contributed by atoms with Gasteiger partial charge in [-0.2, -0.15) is 0 Å². The third-order valence-electron chi connectivity index (χ3n) is 4.94. The van der Waals surface area contributed by atoms with Gasteiger partial charge in [-0.15, -0.1) is 13.2 Å². The first kappa shape index (κ1) is 22.1. The van der Waals surface area contributed by atoms with Gasteiger partial charge in [0, 0.05) is 24.6 Å². The summed E-state index contributed by atoms with van der Waals surface area (Å²) in [6.07, 6.45) is -3.88. The number of halogens is 3. The van der Waals surface area contributed by atoms with E-state index in [-0.39, 0.29) is 34.5 Å². The van der Waals surface area contributed by atoms with Crippen molar-refractivity contribution in [1.82, 2.24) is 4.90 Å². The number of anilines is 1. The zero-order valence-corrected chi connectivity index (χ0v) is 16.3. The van der Waals surface area contributed by atoms with Crippen LogP contribution in [-0.2, 0) is 4.79 Å². The summed E-state index contributed by atoms with van der Waals surface area (Å²) in [6, 6.07) is 10.9. The van der Waals surface area contributed by atoms with Crippen molar-refractivity contribution in [3.8, 4) is 5.75 Å². The Balaban J connectivity index is 1.70. The van der Waals surface area contributed by atoms with E-state index in [1.54, 1.807) is 29.2 Å². The normalized spacial score (nSPS) is 14.7. The first-order chi connectivity index (χ1) is 14.6. The Bertz CT molecular complexity index is 969. The van der Waals surface area contributed by atoms with E-state index in [4.69, 9.17) is 5.73 Å². The van der Waals surface area contributed by atoms with Crippen molar-refractivity contribution in [1.29, 1.82) is 0 Å². The van der Waals surface area contributed by atoms with E-state index >= 15 is 0 Å². The predicted octanol–water partition coefficient (Wildman–Crippen LogP) is 3.18. The molecule has 1 aliphatic rings. The van der Waals surface area contributed by atoms with Crippen molar-refractivity contribution in [3.05, 3.63) is 59.7 Å². The van der Waals surface area contributed by atoms with Crippen LogP contribution in [0.4, 0.5) is 18.9 Å². The van der Waals surface area contributed by atoms with Gasteiger partial charge in [-0.1, -0.05) is 12.1 Å². The maximum Gasteiger partial charge on any atom is 0.573 e. The minimum Gasteiger partial charge on any atom is -0.406 e. The van der Waals surface area contributed by atoms with Gasteiger partial charge in [0.15, 0.2) is 0 Å². The predicted molar refractivity (Wildman–Crippen MR) is 105 cm³/mol. The van der Waals surface area contributed by atoms with E-state index in [0.29, 0.717) is 25.9 Å². The maximum atomic E-state index is 12.9. The second kappa shape index (κ2) is 9.07. The molecule has 0 aliphatic carbocycles. The molecule has 3 amide bonds. The topological polar surface area (TPSA) is 102 Å². The number of para-hydroxylation sites is 1. The van der Waals surface area contributed by atoms with Crippen molar-refractivity contribution in [2.45, 2.75) is 19.2 Å². The molecule has 3 rings (SSSR count). The number of benzene rings is 2. The number of nitrogens with two attached hydrogens (primary N) is 1. The van der Waals surface area contributed by atoms with Crippen molar-refractivity contribution < 1.29 is 32.3 Å². The number of alkyl halides is 3. The number of carbonyl (C=O) groups is 3. The van der Waals surface area contributed by atoms with Crippen molar-refractivity contribution >= 4 is 23.4 Å². The Morgan fingerprint density at radius 3 is 2.19 bits per heavy atom. The number of amides is 3. The molecule has 0 saturated carbocycles. The molecule has 0 spiro atoms. The molecule has 1 fully saturated rings. The zero-order valence-electron chi connectivity index (χ0n) is 16.3. The number of likely N-dealkylation sites (tertiary alicyclic amines) is 1. The lowest BCUT2D eigenvalue weighted by Crippen LogP contribution is -2.42. The smallest absolute Gasteiger partial charge is 0.406 e. The lowest BCUT2D eigenvalue weighted by atomic mass is 9.95. The average Bonchev–Trinajstić information content (AvgIpc) is 2.73. The summed E-state index contributed by atoms with van der Waals surface area (Å²) >= 11 is 0. The van der Waals surface area contributed by atoms with Crippen LogP contribution in [0.3, 0.4) is 0 Å². The van der Waals surface area contributed by atoms with Crippen molar-refractivity contribution in [3.63, 3.8) is 0 Å². The zero-order chi connectivity index (χ0) is 22.6. The Morgan fingerprint density at radius 1 is 1.00 bits per heavy atom. The Labute approximate surface area is 176 Å². The molecular weight excluding hydrogens is 415 g/mol. The summed E-state index contributed by atoms with van der Waals surface area (Å²) < 4.78 is 40.6. The molecule has 164 valence electrons. The minimum absolute atomic E-state index is 0.0963. The largest absolute Gasteiger partial charge is 0.573 e. The summed E-state index contributed by atoms with van der Waals surface area (Å²) in [4.78, 5) is 38.4. The molecule has 0 unspecified atom stereocenters. The first-order valence-electron chi connectivity index (χ1n) is 9.49. The van der Waals surface area contributed by atoms with Gasteiger partial charge >= 0.3 is 6.36 Å². The molecule has 1 heterocycles. The van der Waals surface area contributed by atoms with Crippen LogP contribution in [0.15, 0.2) is 48.5 Å². The Morgan fingerprint density at radius 2 is 1.61 bits per heavy atom. The van der Waals surface area contributed by atoms with Crippen molar-refractivity contribution in [2.75, 3.05) is 18.4 Å². The van der Waals surface area contributed by atoms with E-state index in [1.165, 1.54) is 12.1 Å². The number of hydrogen-bond donors (Lipinski definition) is 2. The number of primary amides is 1. The maximum absolute atomic E-state index is 12.9. The highest BCUT2D eigenvalue weighted by Gasteiger charge is 2.31. The quantitative estimate of drug-likeness (QED) is 0.753. The van der Waals surface area contributed by atoms with Gasteiger partial charge in [-0.05, 0) is 49.2 Å². The third-order valence-corrected chi connectivity index (χ3v) is 4.94. The monoisotopic (exact) mass is 435 g/mol. The van der Waals surface area contributed by atoms with Crippen LogP contribution in [0.2, 0.25) is 0 Å². The molecule has 10 heteroatoms. The molecule has 7 nitrogen and oxygen atoms in total. The molecule has 3 N–H and O–H groups in total. The van der Waals surface area contributed by atoms with Crippen molar-refractivity contribution in [2.24, 2.45) is 11.7 Å². The minimum atomic E-state index is -4.82. The lowest BCUT2D eigenvalue weighted by molar-refractivity contribution is -0.274. The molecule has 1 saturated heterocycles. The third kappa shape index (κ3) is 5.74. The molecule has 1 aliphatic heterocycles. The summed E-state index contributed by atoms with van der Waals surface area (Å²) in [5.41, 5.74) is 5.95. The molecule has 0 aromatic heterocycles. The lowest BCUT2D eigenvalue weighted by Gasteiger charge is -2.31. The van der Waals surface area contributed by atoms with Crippen LogP contribution < -0.4 is 15.8 Å². The van der Waals surface area contributed by atoms with E-state index in [2.05, 4.69) is 10.1 Å². The highest BCUT2D eigenvalue weighted by Crippen LogP contribution is 2.25. The van der Waals surface area contributed by atoms with Gasteiger partial charge in [-0.3, -0.25) is 14.4 Å². The van der Waals surface area contributed by atoms with Gasteiger partial charge in [0.05, 0.1) is 11.3 Å². The number of carbonyl (C=O) groups excluding carboxylic acids is 3. The molecule has 2 aromatic carbocycles. The van der Waals surface area contributed by atoms with Crippen LogP contribution in [0.25, 0.3) is 0 Å². The highest BCUT2D eigenvalue weighted by atomic mass is 19.4. The number of nitrogens with one attached hydrogen (secondary N) is 1. The molecule has 0 bridgehead atoms. The Hall–Kier alpha value is -3.56. The van der Waals surface area contributed by atoms with Crippen LogP contribution in [0.1, 0.15) is 33.6 Å². The van der Waals surface area contributed by atoms with Crippen LogP contribution in [0.5, 0.6) is 5.75 Å². The summed E-state index contributed by atoms with van der Waals surface area (Å²) in [6.45, 7) is 0.741. The standard InChI is InChI=1S/C21H20F3N3O4/c22-21(23,24)31-15-7-5-14(6-8-15)19(29)26-17-4-2-1-3-16(17)20(30)27-11-9-13(10-12-27)18(25)28/h1-8,13H,9-12H2,(H2,25,28)(H,26,29). The second-order valence-electron chi connectivity index (χ2n) is 7.04. The van der Waals surface area contributed by atoms with Gasteiger partial charge in [0.1, 0.15) is 5.75 Å².